The number of ether oxygens (including phenoxy) is 1. The lowest BCUT2D eigenvalue weighted by Crippen LogP contribution is -2.07. The highest BCUT2D eigenvalue weighted by Crippen LogP contribution is 2.33. The Balaban J connectivity index is 2.46. The number of nitrogens with zero attached hydrogens (tertiary/aromatic N) is 1. The van der Waals surface area contributed by atoms with Crippen LogP contribution in [0.1, 0.15) is 24.5 Å². The van der Waals surface area contributed by atoms with E-state index in [0.717, 1.165) is 18.7 Å². The number of methoxy groups -OCH3 is 1. The van der Waals surface area contributed by atoms with Crippen LogP contribution in [0.2, 0.25) is 0 Å². The number of benzene rings is 1. The molecule has 0 N–H and O–H groups in total. The Hall–Kier alpha value is -1.44. The van der Waals surface area contributed by atoms with Crippen molar-refractivity contribution in [2.24, 2.45) is 0 Å². The smallest absolute Gasteiger partial charge is 0.119 e. The van der Waals surface area contributed by atoms with E-state index in [-0.39, 0.29) is 0 Å². The van der Waals surface area contributed by atoms with E-state index in [1.807, 2.05) is 6.07 Å². The van der Waals surface area contributed by atoms with E-state index in [4.69, 9.17) is 4.74 Å². The zero-order valence-electron chi connectivity index (χ0n) is 9.58. The van der Waals surface area contributed by atoms with E-state index in [1.54, 1.807) is 7.11 Å². The number of allylic oxidation sites excluding steroid dienone is 1. The lowest BCUT2D eigenvalue weighted by molar-refractivity contribution is 0.414. The van der Waals surface area contributed by atoms with Crippen molar-refractivity contribution >= 4 is 5.70 Å². The maximum Gasteiger partial charge on any atom is 0.119 e. The van der Waals surface area contributed by atoms with Crippen molar-refractivity contribution in [3.05, 3.63) is 35.4 Å². The molecule has 0 amide bonds. The molecule has 0 radical (unpaired) electrons. The van der Waals surface area contributed by atoms with Gasteiger partial charge in [0.1, 0.15) is 5.75 Å². The molecular formula is C13H17NO. The predicted octanol–water partition coefficient (Wildman–Crippen LogP) is 2.89. The summed E-state index contributed by atoms with van der Waals surface area (Å²) in [5.74, 6) is 0.936. The topological polar surface area (TPSA) is 12.5 Å². The fourth-order valence-corrected chi connectivity index (χ4v) is 2.06. The fourth-order valence-electron chi connectivity index (χ4n) is 2.06. The van der Waals surface area contributed by atoms with Crippen LogP contribution in [0, 0.1) is 0 Å². The van der Waals surface area contributed by atoms with Crippen LogP contribution in [0.3, 0.4) is 0 Å². The van der Waals surface area contributed by atoms with Gasteiger partial charge in [0.25, 0.3) is 0 Å². The van der Waals surface area contributed by atoms with Crippen LogP contribution in [0.15, 0.2) is 24.3 Å². The van der Waals surface area contributed by atoms with Crippen LogP contribution >= 0.6 is 0 Å². The zero-order chi connectivity index (χ0) is 10.8. The molecule has 2 rings (SSSR count). The Labute approximate surface area is 91.2 Å². The molecule has 0 fully saturated rings. The summed E-state index contributed by atoms with van der Waals surface area (Å²) < 4.78 is 5.26. The van der Waals surface area contributed by atoms with E-state index in [0.29, 0.717) is 0 Å². The number of hydrogen-bond acceptors (Lipinski definition) is 2. The first-order valence-electron chi connectivity index (χ1n) is 5.35. The summed E-state index contributed by atoms with van der Waals surface area (Å²) in [6, 6.07) is 6.31. The molecule has 15 heavy (non-hydrogen) atoms. The van der Waals surface area contributed by atoms with Crippen molar-refractivity contribution in [1.29, 1.82) is 0 Å². The molecule has 0 aliphatic carbocycles. The van der Waals surface area contributed by atoms with E-state index < -0.39 is 0 Å². The first-order chi connectivity index (χ1) is 7.26. The summed E-state index contributed by atoms with van der Waals surface area (Å²) in [6.45, 7) is 3.17. The molecular weight excluding hydrogens is 186 g/mol. The number of hydrogen-bond donors (Lipinski definition) is 0. The third kappa shape index (κ3) is 1.72. The second kappa shape index (κ2) is 3.97. The summed E-state index contributed by atoms with van der Waals surface area (Å²) in [6.07, 6.45) is 3.33. The van der Waals surface area contributed by atoms with Crippen LogP contribution in [0.25, 0.3) is 5.70 Å². The molecule has 0 saturated heterocycles. The minimum absolute atomic E-state index is 0.936. The Morgan fingerprint density at radius 1 is 1.47 bits per heavy atom. The van der Waals surface area contributed by atoms with Gasteiger partial charge >= 0.3 is 0 Å². The first-order valence-corrected chi connectivity index (χ1v) is 5.35. The molecule has 2 heteroatoms. The molecule has 1 aromatic rings. The van der Waals surface area contributed by atoms with Crippen LogP contribution in [0.5, 0.6) is 5.75 Å². The molecule has 1 aliphatic rings. The van der Waals surface area contributed by atoms with Gasteiger partial charge in [0.05, 0.1) is 7.11 Å². The van der Waals surface area contributed by atoms with E-state index in [1.165, 1.54) is 16.8 Å². The minimum Gasteiger partial charge on any atom is -0.497 e. The largest absolute Gasteiger partial charge is 0.497 e. The Morgan fingerprint density at radius 3 is 2.93 bits per heavy atom. The Bertz CT molecular complexity index is 396. The summed E-state index contributed by atoms with van der Waals surface area (Å²) >= 11 is 0. The molecule has 0 saturated carbocycles. The maximum atomic E-state index is 5.26. The van der Waals surface area contributed by atoms with Crippen LogP contribution in [0.4, 0.5) is 0 Å². The molecule has 0 unspecified atom stereocenters. The molecule has 0 bridgehead atoms. The van der Waals surface area contributed by atoms with Gasteiger partial charge in [0.2, 0.25) is 0 Å². The van der Waals surface area contributed by atoms with Crippen molar-refractivity contribution in [2.45, 2.75) is 19.9 Å². The molecule has 1 aromatic carbocycles. The molecule has 1 aliphatic heterocycles. The molecule has 0 aromatic heterocycles. The van der Waals surface area contributed by atoms with Gasteiger partial charge in [-0.3, -0.25) is 0 Å². The standard InChI is InChI=1S/C13H17NO/c1-4-5-13-12-8-11(15-3)7-6-10(12)9-14(13)2/h5-8H,4,9H2,1-3H3/b13-5-. The number of fused-ring (bicyclic) bond motifs is 1. The Kier molecular flexibility index (Phi) is 2.67. The van der Waals surface area contributed by atoms with Gasteiger partial charge in [-0.2, -0.15) is 0 Å². The van der Waals surface area contributed by atoms with E-state index in [9.17, 15) is 0 Å². The molecule has 1 heterocycles. The van der Waals surface area contributed by atoms with Gasteiger partial charge < -0.3 is 9.64 Å². The van der Waals surface area contributed by atoms with Gasteiger partial charge in [-0.1, -0.05) is 19.1 Å². The zero-order valence-corrected chi connectivity index (χ0v) is 9.58. The highest BCUT2D eigenvalue weighted by atomic mass is 16.5. The quantitative estimate of drug-likeness (QED) is 0.732. The van der Waals surface area contributed by atoms with E-state index >= 15 is 0 Å². The average Bonchev–Trinajstić information content (AvgIpc) is 2.55. The summed E-state index contributed by atoms with van der Waals surface area (Å²) in [4.78, 5) is 2.29. The molecule has 0 spiro atoms. The van der Waals surface area contributed by atoms with Gasteiger partial charge in [0.15, 0.2) is 0 Å². The molecule has 80 valence electrons. The van der Waals surface area contributed by atoms with Gasteiger partial charge in [-0.05, 0) is 24.1 Å². The van der Waals surface area contributed by atoms with E-state index in [2.05, 4.69) is 37.1 Å². The number of rotatable bonds is 2. The average molecular weight is 203 g/mol. The van der Waals surface area contributed by atoms with Crippen molar-refractivity contribution < 1.29 is 4.74 Å². The minimum atomic E-state index is 0.936. The normalized spacial score (nSPS) is 17.0. The van der Waals surface area contributed by atoms with Crippen LogP contribution in [-0.2, 0) is 6.54 Å². The Morgan fingerprint density at radius 2 is 2.27 bits per heavy atom. The molecule has 2 nitrogen and oxygen atoms in total. The second-order valence-corrected chi connectivity index (χ2v) is 3.88. The monoisotopic (exact) mass is 203 g/mol. The third-order valence-electron chi connectivity index (χ3n) is 2.81. The highest BCUT2D eigenvalue weighted by Gasteiger charge is 2.20. The lowest BCUT2D eigenvalue weighted by Gasteiger charge is -2.12. The van der Waals surface area contributed by atoms with Crippen molar-refractivity contribution in [2.75, 3.05) is 14.2 Å². The van der Waals surface area contributed by atoms with Gasteiger partial charge in [0, 0.05) is 24.9 Å². The third-order valence-corrected chi connectivity index (χ3v) is 2.81. The summed E-state index contributed by atoms with van der Waals surface area (Å²) in [5.41, 5.74) is 4.03. The van der Waals surface area contributed by atoms with Gasteiger partial charge in [-0.15, -0.1) is 0 Å². The van der Waals surface area contributed by atoms with Gasteiger partial charge in [-0.25, -0.2) is 0 Å². The first kappa shape index (κ1) is 10.1. The SMILES string of the molecule is CC/C=C1/c2cc(OC)ccc2CN1C. The maximum absolute atomic E-state index is 5.26. The summed E-state index contributed by atoms with van der Waals surface area (Å²) in [7, 11) is 3.84. The highest BCUT2D eigenvalue weighted by molar-refractivity contribution is 5.71. The lowest BCUT2D eigenvalue weighted by atomic mass is 10.1. The second-order valence-electron chi connectivity index (χ2n) is 3.88. The van der Waals surface area contributed by atoms with Crippen molar-refractivity contribution in [3.8, 4) is 5.75 Å². The fraction of sp³-hybridized carbons (Fsp3) is 0.385. The predicted molar refractivity (Wildman–Crippen MR) is 62.7 cm³/mol. The van der Waals surface area contributed by atoms with Crippen molar-refractivity contribution in [1.82, 2.24) is 4.90 Å². The van der Waals surface area contributed by atoms with Crippen LogP contribution < -0.4 is 4.74 Å². The molecule has 0 atom stereocenters. The van der Waals surface area contributed by atoms with Crippen molar-refractivity contribution in [3.63, 3.8) is 0 Å². The van der Waals surface area contributed by atoms with Crippen LogP contribution in [-0.4, -0.2) is 19.1 Å². The summed E-state index contributed by atoms with van der Waals surface area (Å²) in [5, 5.41) is 0.